The number of sulfone groups is 1. The molecule has 1 saturated heterocycles. The summed E-state index contributed by atoms with van der Waals surface area (Å²) in [6, 6.07) is 0. The monoisotopic (exact) mass is 308 g/mol. The van der Waals surface area contributed by atoms with E-state index in [0.717, 1.165) is 4.31 Å². The number of rotatable bonds is 4. The predicted octanol–water partition coefficient (Wildman–Crippen LogP) is 0.0990. The summed E-state index contributed by atoms with van der Waals surface area (Å²) in [6.45, 7) is 4.63. The second kappa shape index (κ2) is 4.57. The molecular formula is C10H16N2O5S2. The van der Waals surface area contributed by atoms with Crippen molar-refractivity contribution in [1.82, 2.24) is 9.46 Å². The molecule has 1 aromatic rings. The van der Waals surface area contributed by atoms with E-state index in [1.807, 2.05) is 0 Å². The summed E-state index contributed by atoms with van der Waals surface area (Å²) >= 11 is 0. The summed E-state index contributed by atoms with van der Waals surface area (Å²) < 4.78 is 53.9. The van der Waals surface area contributed by atoms with Crippen LogP contribution in [-0.4, -0.2) is 50.4 Å². The average Bonchev–Trinajstić information content (AvgIpc) is 2.55. The number of hydrogen-bond acceptors (Lipinski definition) is 6. The lowest BCUT2D eigenvalue weighted by Gasteiger charge is -2.37. The maximum absolute atomic E-state index is 12.3. The summed E-state index contributed by atoms with van der Waals surface area (Å²) in [4.78, 5) is 0.0415. The molecule has 0 aromatic carbocycles. The van der Waals surface area contributed by atoms with Crippen LogP contribution in [0.2, 0.25) is 0 Å². The van der Waals surface area contributed by atoms with Gasteiger partial charge in [-0.25, -0.2) is 16.8 Å². The second-order valence-corrected chi connectivity index (χ2v) is 8.99. The van der Waals surface area contributed by atoms with Crippen LogP contribution in [0.3, 0.4) is 0 Å². The maximum Gasteiger partial charge on any atom is 0.248 e. The van der Waals surface area contributed by atoms with Gasteiger partial charge in [0.15, 0.2) is 15.6 Å². The van der Waals surface area contributed by atoms with Gasteiger partial charge in [0.2, 0.25) is 10.0 Å². The van der Waals surface area contributed by atoms with Gasteiger partial charge in [-0.1, -0.05) is 12.1 Å². The minimum absolute atomic E-state index is 0.00255. The quantitative estimate of drug-likeness (QED) is 0.782. The molecule has 108 valence electrons. The zero-order chi connectivity index (χ0) is 14.4. The van der Waals surface area contributed by atoms with Crippen LogP contribution in [-0.2, 0) is 19.9 Å². The number of hydrogen-bond donors (Lipinski definition) is 0. The average molecular weight is 308 g/mol. The highest BCUT2D eigenvalue weighted by Gasteiger charge is 2.44. The Bertz CT molecular complexity index is 664. The van der Waals surface area contributed by atoms with Crippen LogP contribution in [0.15, 0.2) is 9.42 Å². The third-order valence-corrected chi connectivity index (χ3v) is 7.49. The smallest absolute Gasteiger partial charge is 0.248 e. The van der Waals surface area contributed by atoms with Crippen molar-refractivity contribution in [1.29, 1.82) is 0 Å². The molecule has 1 aromatic heterocycles. The zero-order valence-corrected chi connectivity index (χ0v) is 12.6. The molecule has 0 bridgehead atoms. The standard InChI is InChI=1S/C10H16N2O5S2/c1-4-18(13,14)9-5-12(6-9)19(15,16)10-7(2)11-17-8(10)3/h9H,4-6H2,1-3H3. The second-order valence-electron chi connectivity index (χ2n) is 4.55. The number of aromatic nitrogens is 1. The number of sulfonamides is 1. The van der Waals surface area contributed by atoms with E-state index >= 15 is 0 Å². The van der Waals surface area contributed by atoms with E-state index in [1.165, 1.54) is 6.92 Å². The van der Waals surface area contributed by atoms with Crippen LogP contribution in [0.5, 0.6) is 0 Å². The molecule has 0 N–H and O–H groups in total. The Morgan fingerprint density at radius 3 is 2.26 bits per heavy atom. The Kier molecular flexibility index (Phi) is 3.48. The van der Waals surface area contributed by atoms with Gasteiger partial charge in [-0.15, -0.1) is 0 Å². The molecule has 2 heterocycles. The van der Waals surface area contributed by atoms with E-state index in [2.05, 4.69) is 5.16 Å². The highest BCUT2D eigenvalue weighted by atomic mass is 32.2. The van der Waals surface area contributed by atoms with Gasteiger partial charge in [-0.05, 0) is 13.8 Å². The van der Waals surface area contributed by atoms with Gasteiger partial charge in [-0.2, -0.15) is 4.31 Å². The third kappa shape index (κ3) is 2.30. The first-order chi connectivity index (χ1) is 8.70. The summed E-state index contributed by atoms with van der Waals surface area (Å²) in [5, 5.41) is 3.00. The van der Waals surface area contributed by atoms with E-state index in [4.69, 9.17) is 4.52 Å². The van der Waals surface area contributed by atoms with Gasteiger partial charge >= 0.3 is 0 Å². The van der Waals surface area contributed by atoms with Gasteiger partial charge in [0.25, 0.3) is 0 Å². The van der Waals surface area contributed by atoms with Crippen molar-refractivity contribution in [3.05, 3.63) is 11.5 Å². The van der Waals surface area contributed by atoms with Crippen molar-refractivity contribution in [3.63, 3.8) is 0 Å². The highest BCUT2D eigenvalue weighted by Crippen LogP contribution is 2.29. The Hall–Kier alpha value is -0.930. The minimum atomic E-state index is -3.71. The Labute approximate surface area is 112 Å². The molecule has 7 nitrogen and oxygen atoms in total. The number of nitrogens with zero attached hydrogens (tertiary/aromatic N) is 2. The van der Waals surface area contributed by atoms with E-state index < -0.39 is 25.1 Å². The lowest BCUT2D eigenvalue weighted by Crippen LogP contribution is -2.57. The molecule has 0 saturated carbocycles. The van der Waals surface area contributed by atoms with Gasteiger partial charge in [-0.3, -0.25) is 0 Å². The summed E-state index contributed by atoms with van der Waals surface area (Å²) in [5.74, 6) is 0.246. The zero-order valence-electron chi connectivity index (χ0n) is 11.0. The molecule has 1 aliphatic heterocycles. The molecule has 0 aliphatic carbocycles. The van der Waals surface area contributed by atoms with Crippen LogP contribution >= 0.6 is 0 Å². The van der Waals surface area contributed by atoms with Crippen LogP contribution in [0.4, 0.5) is 0 Å². The van der Waals surface area contributed by atoms with Crippen molar-refractivity contribution >= 4 is 19.9 Å². The highest BCUT2D eigenvalue weighted by molar-refractivity contribution is 7.92. The minimum Gasteiger partial charge on any atom is -0.360 e. The third-order valence-electron chi connectivity index (χ3n) is 3.29. The molecular weight excluding hydrogens is 292 g/mol. The van der Waals surface area contributed by atoms with E-state index in [9.17, 15) is 16.8 Å². The van der Waals surface area contributed by atoms with Crippen molar-refractivity contribution in [2.75, 3.05) is 18.8 Å². The topological polar surface area (TPSA) is 97.6 Å². The summed E-state index contributed by atoms with van der Waals surface area (Å²) in [5.41, 5.74) is 0.291. The van der Waals surface area contributed by atoms with Crippen molar-refractivity contribution < 1.29 is 21.4 Å². The Morgan fingerprint density at radius 2 is 1.84 bits per heavy atom. The lowest BCUT2D eigenvalue weighted by molar-refractivity contribution is 0.309. The van der Waals surface area contributed by atoms with E-state index in [-0.39, 0.29) is 29.5 Å². The molecule has 1 aliphatic rings. The van der Waals surface area contributed by atoms with Gasteiger partial charge < -0.3 is 4.52 Å². The van der Waals surface area contributed by atoms with Crippen LogP contribution in [0.25, 0.3) is 0 Å². The normalized spacial score (nSPS) is 18.5. The first-order valence-corrected chi connectivity index (χ1v) is 9.00. The Balaban J connectivity index is 2.23. The fraction of sp³-hybridized carbons (Fsp3) is 0.700. The molecule has 19 heavy (non-hydrogen) atoms. The largest absolute Gasteiger partial charge is 0.360 e. The van der Waals surface area contributed by atoms with Crippen molar-refractivity contribution in [2.24, 2.45) is 0 Å². The van der Waals surface area contributed by atoms with Crippen molar-refractivity contribution in [3.8, 4) is 0 Å². The fourth-order valence-electron chi connectivity index (χ4n) is 2.03. The molecule has 0 radical (unpaired) electrons. The van der Waals surface area contributed by atoms with Crippen LogP contribution in [0.1, 0.15) is 18.4 Å². The molecule has 2 rings (SSSR count). The van der Waals surface area contributed by atoms with E-state index in [0.29, 0.717) is 5.69 Å². The van der Waals surface area contributed by atoms with Gasteiger partial charge in [0, 0.05) is 18.8 Å². The first kappa shape index (κ1) is 14.5. The SMILES string of the molecule is CCS(=O)(=O)C1CN(S(=O)(=O)c2c(C)noc2C)C1. The predicted molar refractivity (Wildman–Crippen MR) is 68.0 cm³/mol. The van der Waals surface area contributed by atoms with Gasteiger partial charge in [0.05, 0.1) is 5.25 Å². The van der Waals surface area contributed by atoms with Crippen molar-refractivity contribution in [2.45, 2.75) is 30.9 Å². The fourth-order valence-corrected chi connectivity index (χ4v) is 5.33. The summed E-state index contributed by atoms with van der Waals surface area (Å²) in [7, 11) is -6.90. The molecule has 1 fully saturated rings. The molecule has 9 heteroatoms. The molecule has 0 spiro atoms. The van der Waals surface area contributed by atoms with Crippen LogP contribution in [0, 0.1) is 13.8 Å². The van der Waals surface area contributed by atoms with E-state index in [1.54, 1.807) is 13.8 Å². The first-order valence-electron chi connectivity index (χ1n) is 5.84. The summed E-state index contributed by atoms with van der Waals surface area (Å²) in [6.07, 6.45) is 0. The lowest BCUT2D eigenvalue weighted by atomic mass is 10.3. The van der Waals surface area contributed by atoms with Crippen LogP contribution < -0.4 is 0 Å². The van der Waals surface area contributed by atoms with Gasteiger partial charge in [0.1, 0.15) is 10.6 Å². The maximum atomic E-state index is 12.3. The molecule has 0 amide bonds. The number of aryl methyl sites for hydroxylation is 2. The molecule has 0 unspecified atom stereocenters. The molecule has 0 atom stereocenters. The Morgan fingerprint density at radius 1 is 1.26 bits per heavy atom.